The standard InChI is InChI=1S/C22H27NO5S/c1-4-15(28-17-12-8-7-11-16(17)26-3)20(24)23-21-19(22(25)27-5-2)14-10-6-9-13-18(14)29-21/h7-8,11-12,15H,4-6,9-10,13H2,1-3H3,(H,23,24)/t15-/m0/s1. The molecule has 1 amide bonds. The molecule has 6 nitrogen and oxygen atoms in total. The van der Waals surface area contributed by atoms with Crippen LogP contribution in [-0.4, -0.2) is 31.7 Å². The molecule has 7 heteroatoms. The minimum atomic E-state index is -0.708. The number of fused-ring (bicyclic) bond motifs is 1. The van der Waals surface area contributed by atoms with Gasteiger partial charge in [0.05, 0.1) is 19.3 Å². The molecule has 3 rings (SSSR count). The highest BCUT2D eigenvalue weighted by Gasteiger charge is 2.29. The average molecular weight is 418 g/mol. The molecule has 1 aliphatic carbocycles. The minimum Gasteiger partial charge on any atom is -0.493 e. The van der Waals surface area contributed by atoms with Crippen molar-refractivity contribution in [3.63, 3.8) is 0 Å². The van der Waals surface area contributed by atoms with Crippen molar-refractivity contribution in [3.05, 3.63) is 40.3 Å². The smallest absolute Gasteiger partial charge is 0.341 e. The summed E-state index contributed by atoms with van der Waals surface area (Å²) in [5, 5.41) is 3.49. The number of esters is 1. The molecule has 0 radical (unpaired) electrons. The van der Waals surface area contributed by atoms with Crippen molar-refractivity contribution >= 4 is 28.2 Å². The molecule has 2 aromatic rings. The first-order valence-corrected chi connectivity index (χ1v) is 10.8. The van der Waals surface area contributed by atoms with Crippen LogP contribution in [0.25, 0.3) is 0 Å². The van der Waals surface area contributed by atoms with Crippen LogP contribution in [0.1, 0.15) is 53.9 Å². The summed E-state index contributed by atoms with van der Waals surface area (Å²) in [6, 6.07) is 7.22. The van der Waals surface area contributed by atoms with E-state index in [4.69, 9.17) is 14.2 Å². The normalized spacial score (nSPS) is 13.9. The number of ether oxygens (including phenoxy) is 3. The zero-order valence-electron chi connectivity index (χ0n) is 17.1. The Hall–Kier alpha value is -2.54. The Morgan fingerprint density at radius 2 is 1.86 bits per heavy atom. The number of methoxy groups -OCH3 is 1. The molecule has 0 unspecified atom stereocenters. The maximum Gasteiger partial charge on any atom is 0.341 e. The predicted octanol–water partition coefficient (Wildman–Crippen LogP) is 4.61. The Kier molecular flexibility index (Phi) is 7.14. The Morgan fingerprint density at radius 1 is 1.14 bits per heavy atom. The van der Waals surface area contributed by atoms with Crippen molar-refractivity contribution in [2.24, 2.45) is 0 Å². The molecule has 0 fully saturated rings. The van der Waals surface area contributed by atoms with E-state index in [0.29, 0.717) is 35.1 Å². The van der Waals surface area contributed by atoms with E-state index in [-0.39, 0.29) is 11.9 Å². The van der Waals surface area contributed by atoms with Crippen molar-refractivity contribution in [2.75, 3.05) is 19.0 Å². The molecule has 0 aliphatic heterocycles. The van der Waals surface area contributed by atoms with Crippen LogP contribution in [0, 0.1) is 0 Å². The number of hydrogen-bond donors (Lipinski definition) is 1. The van der Waals surface area contributed by atoms with Crippen LogP contribution >= 0.6 is 11.3 Å². The van der Waals surface area contributed by atoms with E-state index in [1.807, 2.05) is 19.1 Å². The zero-order chi connectivity index (χ0) is 20.8. The highest BCUT2D eigenvalue weighted by Crippen LogP contribution is 2.39. The molecular weight excluding hydrogens is 390 g/mol. The van der Waals surface area contributed by atoms with Gasteiger partial charge in [0.25, 0.3) is 5.91 Å². The van der Waals surface area contributed by atoms with E-state index < -0.39 is 6.10 Å². The van der Waals surface area contributed by atoms with E-state index in [9.17, 15) is 9.59 Å². The fourth-order valence-electron chi connectivity index (χ4n) is 3.46. The first-order chi connectivity index (χ1) is 14.1. The Morgan fingerprint density at radius 3 is 2.55 bits per heavy atom. The summed E-state index contributed by atoms with van der Waals surface area (Å²) in [6.07, 6.45) is 3.67. The van der Waals surface area contributed by atoms with Crippen LogP contribution in [-0.2, 0) is 22.4 Å². The molecule has 1 aromatic heterocycles. The van der Waals surface area contributed by atoms with Gasteiger partial charge in [0.2, 0.25) is 0 Å². The van der Waals surface area contributed by atoms with E-state index in [1.165, 1.54) is 11.3 Å². The summed E-state index contributed by atoms with van der Waals surface area (Å²) in [7, 11) is 1.56. The van der Waals surface area contributed by atoms with Gasteiger partial charge in [-0.1, -0.05) is 19.1 Å². The van der Waals surface area contributed by atoms with Crippen LogP contribution in [0.5, 0.6) is 11.5 Å². The lowest BCUT2D eigenvalue weighted by Crippen LogP contribution is -2.32. The number of anilines is 1. The molecule has 29 heavy (non-hydrogen) atoms. The minimum absolute atomic E-state index is 0.289. The van der Waals surface area contributed by atoms with Gasteiger partial charge >= 0.3 is 5.97 Å². The van der Waals surface area contributed by atoms with Crippen LogP contribution in [0.4, 0.5) is 5.00 Å². The van der Waals surface area contributed by atoms with Gasteiger partial charge in [0.1, 0.15) is 5.00 Å². The molecule has 1 N–H and O–H groups in total. The number of benzene rings is 1. The summed E-state index contributed by atoms with van der Waals surface area (Å²) >= 11 is 1.47. The topological polar surface area (TPSA) is 73.9 Å². The highest BCUT2D eigenvalue weighted by atomic mass is 32.1. The van der Waals surface area contributed by atoms with Gasteiger partial charge in [-0.15, -0.1) is 11.3 Å². The van der Waals surface area contributed by atoms with Crippen molar-refractivity contribution in [2.45, 2.75) is 52.1 Å². The summed E-state index contributed by atoms with van der Waals surface area (Å²) in [4.78, 5) is 26.7. The van der Waals surface area contributed by atoms with Gasteiger partial charge in [0, 0.05) is 4.88 Å². The van der Waals surface area contributed by atoms with Crippen molar-refractivity contribution in [1.82, 2.24) is 0 Å². The quantitative estimate of drug-likeness (QED) is 0.635. The van der Waals surface area contributed by atoms with Crippen LogP contribution in [0.3, 0.4) is 0 Å². The maximum atomic E-state index is 13.0. The van der Waals surface area contributed by atoms with E-state index in [1.54, 1.807) is 26.2 Å². The van der Waals surface area contributed by atoms with Crippen LogP contribution < -0.4 is 14.8 Å². The van der Waals surface area contributed by atoms with Crippen molar-refractivity contribution < 1.29 is 23.8 Å². The molecule has 1 aromatic carbocycles. The summed E-state index contributed by atoms with van der Waals surface area (Å²) in [5.41, 5.74) is 1.53. The van der Waals surface area contributed by atoms with Crippen molar-refractivity contribution in [1.29, 1.82) is 0 Å². The third-order valence-electron chi connectivity index (χ3n) is 4.89. The molecule has 1 heterocycles. The van der Waals surface area contributed by atoms with Gasteiger partial charge in [0.15, 0.2) is 17.6 Å². The third kappa shape index (κ3) is 4.72. The first-order valence-electron chi connectivity index (χ1n) is 10.0. The molecule has 0 bridgehead atoms. The second kappa shape index (κ2) is 9.78. The molecule has 0 spiro atoms. The van der Waals surface area contributed by atoms with E-state index >= 15 is 0 Å². The second-order valence-electron chi connectivity index (χ2n) is 6.79. The number of rotatable bonds is 8. The highest BCUT2D eigenvalue weighted by molar-refractivity contribution is 7.17. The van der Waals surface area contributed by atoms with E-state index in [2.05, 4.69) is 5.32 Å². The fraction of sp³-hybridized carbons (Fsp3) is 0.455. The number of amides is 1. The number of aryl methyl sites for hydroxylation is 1. The zero-order valence-corrected chi connectivity index (χ0v) is 17.9. The van der Waals surface area contributed by atoms with Gasteiger partial charge in [-0.05, 0) is 56.7 Å². The van der Waals surface area contributed by atoms with Gasteiger partial charge in [-0.2, -0.15) is 0 Å². The van der Waals surface area contributed by atoms with Gasteiger partial charge < -0.3 is 19.5 Å². The van der Waals surface area contributed by atoms with Crippen LogP contribution in [0.15, 0.2) is 24.3 Å². The van der Waals surface area contributed by atoms with Crippen LogP contribution in [0.2, 0.25) is 0 Å². The lowest BCUT2D eigenvalue weighted by molar-refractivity contribution is -0.122. The third-order valence-corrected chi connectivity index (χ3v) is 6.10. The molecule has 1 atom stereocenters. The van der Waals surface area contributed by atoms with Gasteiger partial charge in [-0.3, -0.25) is 4.79 Å². The average Bonchev–Trinajstić information content (AvgIpc) is 3.10. The van der Waals surface area contributed by atoms with Crippen molar-refractivity contribution in [3.8, 4) is 11.5 Å². The number of carbonyl (C=O) groups excluding carboxylic acids is 2. The lowest BCUT2D eigenvalue weighted by atomic mass is 9.95. The lowest BCUT2D eigenvalue weighted by Gasteiger charge is -2.19. The largest absolute Gasteiger partial charge is 0.493 e. The molecule has 156 valence electrons. The van der Waals surface area contributed by atoms with E-state index in [0.717, 1.165) is 36.1 Å². The van der Waals surface area contributed by atoms with Gasteiger partial charge in [-0.25, -0.2) is 4.79 Å². The number of para-hydroxylation sites is 2. The summed E-state index contributed by atoms with van der Waals surface area (Å²) < 4.78 is 16.5. The Labute approximate surface area is 175 Å². The number of nitrogens with one attached hydrogen (secondary N) is 1. The predicted molar refractivity (Wildman–Crippen MR) is 113 cm³/mol. The SMILES string of the molecule is CCOC(=O)c1c(NC(=O)[C@H](CC)Oc2ccccc2OC)sc2c1CCCC2. The maximum absolute atomic E-state index is 13.0. The molecule has 0 saturated heterocycles. The molecule has 1 aliphatic rings. The first kappa shape index (κ1) is 21.2. The second-order valence-corrected chi connectivity index (χ2v) is 7.90. The number of hydrogen-bond acceptors (Lipinski definition) is 6. The summed E-state index contributed by atoms with van der Waals surface area (Å²) in [6.45, 7) is 3.96. The Balaban J connectivity index is 1.83. The summed E-state index contributed by atoms with van der Waals surface area (Å²) in [5.74, 6) is 0.411. The number of carbonyl (C=O) groups is 2. The molecular formula is C22H27NO5S. The Bertz CT molecular complexity index is 876. The number of thiophene rings is 1. The molecule has 0 saturated carbocycles. The fourth-order valence-corrected chi connectivity index (χ4v) is 4.74. The monoisotopic (exact) mass is 417 g/mol.